The van der Waals surface area contributed by atoms with Crippen LogP contribution >= 0.6 is 0 Å². The quantitative estimate of drug-likeness (QED) is 0.805. The Morgan fingerprint density at radius 1 is 1.26 bits per heavy atom. The number of sulfonamides is 1. The van der Waals surface area contributed by atoms with Crippen molar-refractivity contribution in [3.63, 3.8) is 0 Å². The normalized spacial score (nSPS) is 26.6. The maximum atomic E-state index is 12.4. The van der Waals surface area contributed by atoms with Crippen molar-refractivity contribution in [2.45, 2.75) is 37.4 Å². The lowest BCUT2D eigenvalue weighted by Gasteiger charge is -2.27. The molecule has 0 aromatic heterocycles. The molecule has 0 aromatic rings. The van der Waals surface area contributed by atoms with Gasteiger partial charge >= 0.3 is 5.97 Å². The molecule has 1 unspecified atom stereocenters. The van der Waals surface area contributed by atoms with Crippen molar-refractivity contribution >= 4 is 16.0 Å². The van der Waals surface area contributed by atoms with E-state index in [1.807, 2.05) is 0 Å². The predicted molar refractivity (Wildman–Crippen MR) is 69.3 cm³/mol. The first-order valence-electron chi connectivity index (χ1n) is 6.78. The molecule has 2 aliphatic heterocycles. The highest BCUT2D eigenvalue weighted by atomic mass is 32.2. The van der Waals surface area contributed by atoms with E-state index >= 15 is 0 Å². The van der Waals surface area contributed by atoms with Crippen molar-refractivity contribution in [2.75, 3.05) is 26.3 Å². The molecule has 110 valence electrons. The Morgan fingerprint density at radius 3 is 2.58 bits per heavy atom. The molecule has 0 aromatic carbocycles. The minimum absolute atomic E-state index is 0.121. The third-order valence-corrected chi connectivity index (χ3v) is 6.33. The fourth-order valence-corrected chi connectivity index (χ4v) is 4.76. The molecular weight excluding hydrogens is 270 g/mol. The van der Waals surface area contributed by atoms with Gasteiger partial charge in [-0.1, -0.05) is 0 Å². The molecule has 0 aliphatic carbocycles. The summed E-state index contributed by atoms with van der Waals surface area (Å²) in [5.41, 5.74) is 0. The van der Waals surface area contributed by atoms with Crippen molar-refractivity contribution < 1.29 is 23.1 Å². The molecule has 0 spiro atoms. The second-order valence-electron chi connectivity index (χ2n) is 5.30. The van der Waals surface area contributed by atoms with E-state index in [1.54, 1.807) is 4.31 Å². The molecular formula is C12H21NO5S. The minimum atomic E-state index is -3.23. The first-order chi connectivity index (χ1) is 9.00. The van der Waals surface area contributed by atoms with Crippen LogP contribution < -0.4 is 0 Å². The highest BCUT2D eigenvalue weighted by Gasteiger charge is 2.37. The van der Waals surface area contributed by atoms with Crippen LogP contribution in [0.4, 0.5) is 0 Å². The Labute approximate surface area is 113 Å². The van der Waals surface area contributed by atoms with E-state index in [-0.39, 0.29) is 17.6 Å². The smallest absolute Gasteiger partial charge is 0.303 e. The van der Waals surface area contributed by atoms with Crippen molar-refractivity contribution in [1.82, 2.24) is 4.31 Å². The number of ether oxygens (including phenoxy) is 1. The highest BCUT2D eigenvalue weighted by molar-refractivity contribution is 7.89. The van der Waals surface area contributed by atoms with Gasteiger partial charge in [0.1, 0.15) is 0 Å². The summed E-state index contributed by atoms with van der Waals surface area (Å²) in [7, 11) is -3.23. The first kappa shape index (κ1) is 14.7. The molecule has 0 saturated carbocycles. The van der Waals surface area contributed by atoms with E-state index < -0.39 is 16.0 Å². The minimum Gasteiger partial charge on any atom is -0.481 e. The zero-order chi connectivity index (χ0) is 13.9. The summed E-state index contributed by atoms with van der Waals surface area (Å²) in [5.74, 6) is -0.628. The zero-order valence-electron chi connectivity index (χ0n) is 11.0. The number of nitrogens with zero attached hydrogens (tertiary/aromatic N) is 1. The van der Waals surface area contributed by atoms with Crippen LogP contribution in [-0.2, 0) is 19.6 Å². The fourth-order valence-electron chi connectivity index (χ4n) is 2.78. The summed E-state index contributed by atoms with van der Waals surface area (Å²) in [6, 6.07) is 0. The third kappa shape index (κ3) is 3.67. The van der Waals surface area contributed by atoms with E-state index in [1.165, 1.54) is 0 Å². The van der Waals surface area contributed by atoms with Crippen molar-refractivity contribution in [3.8, 4) is 0 Å². The molecule has 2 aliphatic rings. The molecule has 2 heterocycles. The topological polar surface area (TPSA) is 83.9 Å². The third-order valence-electron chi connectivity index (χ3n) is 3.96. The molecule has 1 N–H and O–H groups in total. The van der Waals surface area contributed by atoms with Gasteiger partial charge in [0, 0.05) is 32.7 Å². The van der Waals surface area contributed by atoms with Gasteiger partial charge in [-0.05, 0) is 31.6 Å². The Morgan fingerprint density at radius 2 is 1.95 bits per heavy atom. The SMILES string of the molecule is O=C(O)CCC1CCN(S(=O)(=O)C2CCOCC2)C1. The monoisotopic (exact) mass is 291 g/mol. The molecule has 1 atom stereocenters. The molecule has 0 amide bonds. The van der Waals surface area contributed by atoms with Crippen molar-refractivity contribution in [3.05, 3.63) is 0 Å². The number of rotatable bonds is 5. The van der Waals surface area contributed by atoms with E-state index in [0.29, 0.717) is 45.6 Å². The lowest BCUT2D eigenvalue weighted by Crippen LogP contribution is -2.40. The highest BCUT2D eigenvalue weighted by Crippen LogP contribution is 2.28. The number of hydrogen-bond donors (Lipinski definition) is 1. The standard InChI is InChI=1S/C12H21NO5S/c14-12(15)2-1-10-3-6-13(9-10)19(16,17)11-4-7-18-8-5-11/h10-11H,1-9H2,(H,14,15). The van der Waals surface area contributed by atoms with Crippen molar-refractivity contribution in [2.24, 2.45) is 5.92 Å². The van der Waals surface area contributed by atoms with Crippen LogP contribution in [0.25, 0.3) is 0 Å². The summed E-state index contributed by atoms with van der Waals surface area (Å²) in [6.45, 7) is 2.04. The van der Waals surface area contributed by atoms with E-state index in [2.05, 4.69) is 0 Å². The average molecular weight is 291 g/mol. The molecule has 19 heavy (non-hydrogen) atoms. The van der Waals surface area contributed by atoms with Crippen LogP contribution in [0.1, 0.15) is 32.1 Å². The van der Waals surface area contributed by atoms with Gasteiger partial charge in [0.2, 0.25) is 10.0 Å². The van der Waals surface area contributed by atoms with Crippen LogP contribution in [0.3, 0.4) is 0 Å². The maximum Gasteiger partial charge on any atom is 0.303 e. The van der Waals surface area contributed by atoms with Gasteiger partial charge in [0.15, 0.2) is 0 Å². The summed E-state index contributed by atoms with van der Waals surface area (Å²) in [6.07, 6.45) is 2.60. The van der Waals surface area contributed by atoms with Gasteiger partial charge in [-0.2, -0.15) is 0 Å². The average Bonchev–Trinajstić information content (AvgIpc) is 2.87. The number of carboxylic acids is 1. The van der Waals surface area contributed by atoms with Gasteiger partial charge in [0.25, 0.3) is 0 Å². The Hall–Kier alpha value is -0.660. The maximum absolute atomic E-state index is 12.4. The predicted octanol–water partition coefficient (Wildman–Crippen LogP) is 0.682. The van der Waals surface area contributed by atoms with Gasteiger partial charge in [0.05, 0.1) is 5.25 Å². The first-order valence-corrected chi connectivity index (χ1v) is 8.29. The van der Waals surface area contributed by atoms with E-state index in [0.717, 1.165) is 6.42 Å². The largest absolute Gasteiger partial charge is 0.481 e. The molecule has 0 radical (unpaired) electrons. The second kappa shape index (κ2) is 6.19. The Bertz CT molecular complexity index is 416. The zero-order valence-corrected chi connectivity index (χ0v) is 11.8. The second-order valence-corrected chi connectivity index (χ2v) is 7.51. The number of aliphatic carboxylic acids is 1. The molecule has 2 fully saturated rings. The molecule has 2 rings (SSSR count). The Kier molecular flexibility index (Phi) is 4.81. The summed E-state index contributed by atoms with van der Waals surface area (Å²) < 4.78 is 31.6. The van der Waals surface area contributed by atoms with Crippen molar-refractivity contribution in [1.29, 1.82) is 0 Å². The summed E-state index contributed by atoms with van der Waals surface area (Å²) >= 11 is 0. The van der Waals surface area contributed by atoms with Crippen LogP contribution in [0, 0.1) is 5.92 Å². The molecule has 0 bridgehead atoms. The number of hydrogen-bond acceptors (Lipinski definition) is 4. The molecule has 7 heteroatoms. The van der Waals surface area contributed by atoms with Gasteiger partial charge in [-0.3, -0.25) is 4.79 Å². The lowest BCUT2D eigenvalue weighted by molar-refractivity contribution is -0.137. The van der Waals surface area contributed by atoms with E-state index in [9.17, 15) is 13.2 Å². The van der Waals surface area contributed by atoms with Crippen LogP contribution in [0.15, 0.2) is 0 Å². The van der Waals surface area contributed by atoms with E-state index in [4.69, 9.17) is 9.84 Å². The summed E-state index contributed by atoms with van der Waals surface area (Å²) in [5, 5.41) is 8.34. The van der Waals surface area contributed by atoms with Crippen LogP contribution in [0.2, 0.25) is 0 Å². The molecule has 6 nitrogen and oxygen atoms in total. The summed E-state index contributed by atoms with van der Waals surface area (Å²) in [4.78, 5) is 10.5. The number of carboxylic acid groups (broad SMARTS) is 1. The van der Waals surface area contributed by atoms with Gasteiger partial charge in [-0.25, -0.2) is 12.7 Å². The van der Waals surface area contributed by atoms with Crippen LogP contribution in [-0.4, -0.2) is 55.4 Å². The fraction of sp³-hybridized carbons (Fsp3) is 0.917. The lowest BCUT2D eigenvalue weighted by atomic mass is 10.0. The number of carbonyl (C=O) groups is 1. The Balaban J connectivity index is 1.89. The van der Waals surface area contributed by atoms with Gasteiger partial charge < -0.3 is 9.84 Å². The van der Waals surface area contributed by atoms with Gasteiger partial charge in [-0.15, -0.1) is 0 Å². The molecule has 2 saturated heterocycles. The van der Waals surface area contributed by atoms with Crippen LogP contribution in [0.5, 0.6) is 0 Å².